The highest BCUT2D eigenvalue weighted by Gasteiger charge is 2.35. The van der Waals surface area contributed by atoms with Crippen LogP contribution >= 0.6 is 12.2 Å². The predicted octanol–water partition coefficient (Wildman–Crippen LogP) is 0.788. The van der Waals surface area contributed by atoms with E-state index in [4.69, 9.17) is 12.2 Å². The molecule has 0 N–H and O–H groups in total. The third-order valence-electron chi connectivity index (χ3n) is 2.95. The molecule has 1 aliphatic rings. The van der Waals surface area contributed by atoms with Crippen molar-refractivity contribution in [3.05, 3.63) is 29.6 Å². The summed E-state index contributed by atoms with van der Waals surface area (Å²) in [5.74, 6) is -0.933. The van der Waals surface area contributed by atoms with Crippen molar-refractivity contribution in [2.45, 2.75) is 20.3 Å². The maximum atomic E-state index is 11.6. The first kappa shape index (κ1) is 15.9. The zero-order valence-corrected chi connectivity index (χ0v) is 13.0. The van der Waals surface area contributed by atoms with Crippen LogP contribution in [-0.4, -0.2) is 50.4 Å². The number of carbonyl (C=O) groups is 3. The fraction of sp³-hybridized carbons (Fsp3) is 0.286. The quantitative estimate of drug-likeness (QED) is 0.464. The van der Waals surface area contributed by atoms with E-state index in [1.165, 1.54) is 25.1 Å². The second-order valence-electron chi connectivity index (χ2n) is 4.66. The standard InChI is InChI=1S/C14H14N4O3S/c1-9(19)12-5-3-4-11(16-12)6-7-15-17-8-13(21)18(10(2)20)14(17)22/h3-5,7H,6,8H2,1-2H3. The molecule has 2 rings (SSSR count). The van der Waals surface area contributed by atoms with Gasteiger partial charge in [0, 0.05) is 32.2 Å². The van der Waals surface area contributed by atoms with Crippen molar-refractivity contribution in [3.8, 4) is 0 Å². The molecule has 8 heteroatoms. The van der Waals surface area contributed by atoms with Gasteiger partial charge in [-0.15, -0.1) is 0 Å². The summed E-state index contributed by atoms with van der Waals surface area (Å²) in [6.07, 6.45) is 1.92. The molecule has 0 aliphatic carbocycles. The molecule has 0 radical (unpaired) electrons. The summed E-state index contributed by atoms with van der Waals surface area (Å²) in [5, 5.41) is 5.44. The molecule has 2 heterocycles. The maximum Gasteiger partial charge on any atom is 0.257 e. The van der Waals surface area contributed by atoms with Crippen LogP contribution in [0, 0.1) is 0 Å². The van der Waals surface area contributed by atoms with Gasteiger partial charge in [-0.25, -0.2) is 14.9 Å². The molecule has 1 fully saturated rings. The van der Waals surface area contributed by atoms with Gasteiger partial charge < -0.3 is 0 Å². The number of pyridine rings is 1. The SMILES string of the molecule is CC(=O)c1cccc(CC=NN2CC(=O)N(C(C)=O)C2=S)n1. The van der Waals surface area contributed by atoms with Crippen LogP contribution in [0.25, 0.3) is 0 Å². The summed E-state index contributed by atoms with van der Waals surface area (Å²) >= 11 is 5.04. The van der Waals surface area contributed by atoms with Gasteiger partial charge in [0.15, 0.2) is 5.78 Å². The summed E-state index contributed by atoms with van der Waals surface area (Å²) in [6, 6.07) is 5.16. The lowest BCUT2D eigenvalue weighted by Crippen LogP contribution is -2.35. The first-order valence-corrected chi connectivity index (χ1v) is 6.95. The maximum absolute atomic E-state index is 11.6. The number of hydrazone groups is 1. The summed E-state index contributed by atoms with van der Waals surface area (Å²) in [5.41, 5.74) is 1.07. The Kier molecular flexibility index (Phi) is 4.71. The van der Waals surface area contributed by atoms with Crippen LogP contribution in [0.4, 0.5) is 0 Å². The van der Waals surface area contributed by atoms with Crippen molar-refractivity contribution in [3.63, 3.8) is 0 Å². The second kappa shape index (κ2) is 6.52. The van der Waals surface area contributed by atoms with E-state index in [1.54, 1.807) is 18.2 Å². The van der Waals surface area contributed by atoms with E-state index in [2.05, 4.69) is 10.1 Å². The Morgan fingerprint density at radius 3 is 2.73 bits per heavy atom. The zero-order valence-electron chi connectivity index (χ0n) is 12.1. The molecule has 1 aromatic rings. The molecule has 114 valence electrons. The number of thiocarbonyl (C=S) groups is 1. The molecule has 0 spiro atoms. The Morgan fingerprint density at radius 1 is 1.41 bits per heavy atom. The minimum absolute atomic E-state index is 0.0597. The van der Waals surface area contributed by atoms with E-state index in [0.717, 1.165) is 4.90 Å². The molecule has 0 atom stereocenters. The lowest BCUT2D eigenvalue weighted by Gasteiger charge is -2.12. The molecule has 1 aromatic heterocycles. The first-order chi connectivity index (χ1) is 10.4. The van der Waals surface area contributed by atoms with Gasteiger partial charge in [-0.2, -0.15) is 5.10 Å². The van der Waals surface area contributed by atoms with Gasteiger partial charge in [0.05, 0.1) is 0 Å². The fourth-order valence-corrected chi connectivity index (χ4v) is 2.25. The number of Topliss-reactive ketones (excluding diaryl/α,β-unsaturated/α-hetero) is 1. The first-order valence-electron chi connectivity index (χ1n) is 6.54. The Bertz CT molecular complexity index is 686. The number of aromatic nitrogens is 1. The van der Waals surface area contributed by atoms with Crippen LogP contribution in [0.15, 0.2) is 23.3 Å². The van der Waals surface area contributed by atoms with Crippen molar-refractivity contribution in [1.29, 1.82) is 0 Å². The van der Waals surface area contributed by atoms with Gasteiger partial charge in [0.2, 0.25) is 11.0 Å². The number of hydrogen-bond acceptors (Lipinski definition) is 6. The van der Waals surface area contributed by atoms with Crippen molar-refractivity contribution < 1.29 is 14.4 Å². The number of ketones is 1. The summed E-state index contributed by atoms with van der Waals surface area (Å²) < 4.78 is 0. The van der Waals surface area contributed by atoms with Crippen LogP contribution in [0.2, 0.25) is 0 Å². The van der Waals surface area contributed by atoms with Crippen LogP contribution in [0.1, 0.15) is 30.0 Å². The third kappa shape index (κ3) is 3.40. The normalized spacial score (nSPS) is 15.0. The van der Waals surface area contributed by atoms with Crippen molar-refractivity contribution in [2.24, 2.45) is 5.10 Å². The summed E-state index contributed by atoms with van der Waals surface area (Å²) in [7, 11) is 0. The minimum atomic E-state index is -0.427. The smallest absolute Gasteiger partial charge is 0.257 e. The Morgan fingerprint density at radius 2 is 2.14 bits per heavy atom. The van der Waals surface area contributed by atoms with Crippen molar-refractivity contribution in [2.75, 3.05) is 6.54 Å². The van der Waals surface area contributed by atoms with Gasteiger partial charge in [-0.05, 0) is 24.4 Å². The third-order valence-corrected chi connectivity index (χ3v) is 3.34. The number of amides is 2. The van der Waals surface area contributed by atoms with Crippen molar-refractivity contribution in [1.82, 2.24) is 14.9 Å². The largest absolute Gasteiger partial charge is 0.293 e. The van der Waals surface area contributed by atoms with Crippen LogP contribution in [0.3, 0.4) is 0 Å². The predicted molar refractivity (Wildman–Crippen MR) is 83.3 cm³/mol. The molecule has 0 unspecified atom stereocenters. The zero-order chi connectivity index (χ0) is 16.3. The molecule has 22 heavy (non-hydrogen) atoms. The molecular formula is C14H14N4O3S. The topological polar surface area (TPSA) is 82.9 Å². The highest BCUT2D eigenvalue weighted by atomic mass is 32.1. The Hall–Kier alpha value is -2.48. The van der Waals surface area contributed by atoms with Gasteiger partial charge in [-0.1, -0.05) is 6.07 Å². The lowest BCUT2D eigenvalue weighted by molar-refractivity contribution is -0.136. The Labute approximate surface area is 132 Å². The number of hydrogen-bond donors (Lipinski definition) is 0. The average Bonchev–Trinajstić information content (AvgIpc) is 2.74. The van der Waals surface area contributed by atoms with E-state index < -0.39 is 11.8 Å². The number of carbonyl (C=O) groups excluding carboxylic acids is 3. The van der Waals surface area contributed by atoms with Crippen LogP contribution in [0.5, 0.6) is 0 Å². The molecule has 0 saturated carbocycles. The number of imide groups is 1. The van der Waals surface area contributed by atoms with Crippen molar-refractivity contribution >= 4 is 41.1 Å². The molecule has 2 amide bonds. The molecule has 0 aromatic carbocycles. The summed E-state index contributed by atoms with van der Waals surface area (Å²) in [4.78, 5) is 39.3. The van der Waals surface area contributed by atoms with E-state index in [-0.39, 0.29) is 17.4 Å². The highest BCUT2D eigenvalue weighted by Crippen LogP contribution is 2.11. The van der Waals surface area contributed by atoms with Gasteiger partial charge in [-0.3, -0.25) is 14.4 Å². The van der Waals surface area contributed by atoms with E-state index >= 15 is 0 Å². The monoisotopic (exact) mass is 318 g/mol. The van der Waals surface area contributed by atoms with E-state index in [1.807, 2.05) is 0 Å². The molecule has 7 nitrogen and oxygen atoms in total. The molecule has 0 bridgehead atoms. The minimum Gasteiger partial charge on any atom is -0.293 e. The molecule has 1 saturated heterocycles. The Balaban J connectivity index is 2.03. The fourth-order valence-electron chi connectivity index (χ4n) is 1.91. The van der Waals surface area contributed by atoms with Gasteiger partial charge in [0.25, 0.3) is 5.91 Å². The molecule has 1 aliphatic heterocycles. The summed E-state index contributed by atoms with van der Waals surface area (Å²) in [6.45, 7) is 2.66. The van der Waals surface area contributed by atoms with Gasteiger partial charge >= 0.3 is 0 Å². The number of nitrogens with zero attached hydrogens (tertiary/aromatic N) is 4. The lowest BCUT2D eigenvalue weighted by atomic mass is 10.2. The van der Waals surface area contributed by atoms with E-state index in [9.17, 15) is 14.4 Å². The average molecular weight is 318 g/mol. The van der Waals surface area contributed by atoms with Crippen LogP contribution < -0.4 is 0 Å². The van der Waals surface area contributed by atoms with Crippen LogP contribution in [-0.2, 0) is 16.0 Å². The highest BCUT2D eigenvalue weighted by molar-refractivity contribution is 7.80. The number of rotatable bonds is 4. The molecular weight excluding hydrogens is 304 g/mol. The van der Waals surface area contributed by atoms with Gasteiger partial charge in [0.1, 0.15) is 12.2 Å². The second-order valence-corrected chi connectivity index (χ2v) is 5.03. The van der Waals surface area contributed by atoms with E-state index in [0.29, 0.717) is 17.8 Å².